The van der Waals surface area contributed by atoms with E-state index in [-0.39, 0.29) is 15.3 Å². The Kier molecular flexibility index (Phi) is 7.45. The number of halogens is 1. The molecule has 0 unspecified atom stereocenters. The fourth-order valence-corrected chi connectivity index (χ4v) is 5.62. The Hall–Kier alpha value is -2.88. The summed E-state index contributed by atoms with van der Waals surface area (Å²) in [6, 6.07) is 10.9. The molecule has 8 nitrogen and oxygen atoms in total. The molecule has 0 amide bonds. The number of hydrogen-bond donors (Lipinski definition) is 3. The third-order valence-electron chi connectivity index (χ3n) is 6.35. The molecule has 1 aromatic heterocycles. The minimum absolute atomic E-state index is 0.0325. The molecule has 10 heteroatoms. The highest BCUT2D eigenvalue weighted by atomic mass is 35.5. The second-order valence-corrected chi connectivity index (χ2v) is 12.6. The average molecular weight is 530 g/mol. The summed E-state index contributed by atoms with van der Waals surface area (Å²) < 4.78 is 31.4. The summed E-state index contributed by atoms with van der Waals surface area (Å²) in [7, 11) is -1.88. The van der Waals surface area contributed by atoms with Crippen LogP contribution in [0.3, 0.4) is 0 Å². The summed E-state index contributed by atoms with van der Waals surface area (Å²) in [4.78, 5) is 9.05. The average Bonchev–Trinajstić information content (AvgIpc) is 2.98. The number of methoxy groups -OCH3 is 1. The van der Waals surface area contributed by atoms with Gasteiger partial charge < -0.3 is 20.7 Å². The second kappa shape index (κ2) is 10.2. The van der Waals surface area contributed by atoms with E-state index in [9.17, 15) is 8.42 Å². The van der Waals surface area contributed by atoms with Gasteiger partial charge >= 0.3 is 0 Å². The van der Waals surface area contributed by atoms with Crippen LogP contribution in [0, 0.1) is 0 Å². The Labute approximate surface area is 217 Å². The van der Waals surface area contributed by atoms with Crippen molar-refractivity contribution < 1.29 is 13.2 Å². The summed E-state index contributed by atoms with van der Waals surface area (Å²) >= 11 is 6.38. The van der Waals surface area contributed by atoms with Crippen molar-refractivity contribution in [2.75, 3.05) is 30.8 Å². The van der Waals surface area contributed by atoms with Gasteiger partial charge in [-0.1, -0.05) is 37.6 Å². The minimum Gasteiger partial charge on any atom is -0.495 e. The molecule has 0 bridgehead atoms. The Morgan fingerprint density at radius 3 is 2.61 bits per heavy atom. The van der Waals surface area contributed by atoms with Gasteiger partial charge in [-0.3, -0.25) is 0 Å². The summed E-state index contributed by atoms with van der Waals surface area (Å²) in [6.07, 6.45) is 2.37. The first-order valence-electron chi connectivity index (χ1n) is 11.8. The highest BCUT2D eigenvalue weighted by molar-refractivity contribution is 7.92. The number of fused-ring (bicyclic) bond motifs is 1. The highest BCUT2D eigenvalue weighted by Crippen LogP contribution is 2.38. The van der Waals surface area contributed by atoms with Crippen molar-refractivity contribution in [1.82, 2.24) is 15.3 Å². The minimum atomic E-state index is -3.52. The lowest BCUT2D eigenvalue weighted by atomic mass is 9.81. The van der Waals surface area contributed by atoms with Crippen LogP contribution in [0.4, 0.5) is 23.1 Å². The maximum atomic E-state index is 12.9. The van der Waals surface area contributed by atoms with E-state index in [2.05, 4.69) is 51.9 Å². The molecule has 1 aliphatic heterocycles. The lowest BCUT2D eigenvalue weighted by Crippen LogP contribution is -2.31. The van der Waals surface area contributed by atoms with Gasteiger partial charge in [-0.05, 0) is 62.2 Å². The van der Waals surface area contributed by atoms with Crippen LogP contribution in [0.15, 0.2) is 47.5 Å². The normalized spacial score (nSPS) is 15.2. The van der Waals surface area contributed by atoms with Gasteiger partial charge in [0, 0.05) is 12.0 Å². The van der Waals surface area contributed by atoms with Gasteiger partial charge in [-0.15, -0.1) is 0 Å². The van der Waals surface area contributed by atoms with Gasteiger partial charge in [-0.2, -0.15) is 4.98 Å². The molecule has 0 aliphatic carbocycles. The van der Waals surface area contributed by atoms with Crippen LogP contribution in [0.2, 0.25) is 5.02 Å². The first kappa shape index (κ1) is 26.2. The van der Waals surface area contributed by atoms with Crippen molar-refractivity contribution >= 4 is 44.6 Å². The van der Waals surface area contributed by atoms with Gasteiger partial charge in [0.2, 0.25) is 5.95 Å². The number of sulfone groups is 1. The first-order valence-corrected chi connectivity index (χ1v) is 13.8. The number of nitrogens with one attached hydrogen (secondary N) is 3. The Balaban J connectivity index is 1.68. The topological polar surface area (TPSA) is 105 Å². The van der Waals surface area contributed by atoms with E-state index in [4.69, 9.17) is 16.3 Å². The molecule has 3 aromatic rings. The van der Waals surface area contributed by atoms with E-state index in [1.54, 1.807) is 45.2 Å². The zero-order valence-electron chi connectivity index (χ0n) is 21.1. The maximum absolute atomic E-state index is 12.9. The van der Waals surface area contributed by atoms with E-state index in [0.29, 0.717) is 23.2 Å². The van der Waals surface area contributed by atoms with Crippen molar-refractivity contribution in [2.24, 2.45) is 0 Å². The summed E-state index contributed by atoms with van der Waals surface area (Å²) in [5.41, 5.74) is 3.58. The highest BCUT2D eigenvalue weighted by Gasteiger charge is 2.28. The monoisotopic (exact) mass is 529 g/mol. The van der Waals surface area contributed by atoms with Gasteiger partial charge in [0.25, 0.3) is 0 Å². The molecule has 0 spiro atoms. The van der Waals surface area contributed by atoms with Crippen molar-refractivity contribution in [3.8, 4) is 5.75 Å². The zero-order valence-corrected chi connectivity index (χ0v) is 22.7. The molecule has 0 atom stereocenters. The number of aromatic nitrogens is 2. The number of rotatable bonds is 7. The molecule has 1 aliphatic rings. The Morgan fingerprint density at radius 2 is 1.89 bits per heavy atom. The van der Waals surface area contributed by atoms with Crippen LogP contribution in [0.25, 0.3) is 0 Å². The molecular formula is C26H32ClN5O3S. The van der Waals surface area contributed by atoms with Gasteiger partial charge in [0.15, 0.2) is 15.7 Å². The van der Waals surface area contributed by atoms with Crippen LogP contribution in [0.1, 0.15) is 38.8 Å². The summed E-state index contributed by atoms with van der Waals surface area (Å²) in [6.45, 7) is 9.52. The molecule has 0 saturated heterocycles. The van der Waals surface area contributed by atoms with Gasteiger partial charge in [0.05, 0.1) is 34.8 Å². The van der Waals surface area contributed by atoms with Crippen molar-refractivity contribution in [3.05, 3.63) is 58.7 Å². The number of nitrogens with zero attached hydrogens (tertiary/aromatic N) is 2. The SMILES string of the molecule is COc1cc2c(cc1Nc1ncc(Cl)c(Nc3ccccc3S(=O)(=O)C(C)C)n1)CCNCC2(C)C. The Bertz CT molecular complexity index is 1380. The molecule has 36 heavy (non-hydrogen) atoms. The lowest BCUT2D eigenvalue weighted by molar-refractivity contribution is 0.413. The molecule has 192 valence electrons. The first-order chi connectivity index (χ1) is 17.0. The molecule has 2 heterocycles. The zero-order chi connectivity index (χ0) is 26.1. The molecule has 0 fully saturated rings. The molecular weight excluding hydrogens is 498 g/mol. The molecule has 3 N–H and O–H groups in total. The lowest BCUT2D eigenvalue weighted by Gasteiger charge is -2.26. The van der Waals surface area contributed by atoms with Crippen molar-refractivity contribution in [1.29, 1.82) is 0 Å². The van der Waals surface area contributed by atoms with Crippen LogP contribution in [-0.4, -0.2) is 43.8 Å². The maximum Gasteiger partial charge on any atom is 0.229 e. The van der Waals surface area contributed by atoms with Gasteiger partial charge in [-0.25, -0.2) is 13.4 Å². The van der Waals surface area contributed by atoms with E-state index >= 15 is 0 Å². The number of ether oxygens (including phenoxy) is 1. The molecule has 2 aromatic carbocycles. The van der Waals surface area contributed by atoms with E-state index < -0.39 is 15.1 Å². The smallest absolute Gasteiger partial charge is 0.229 e. The number of anilines is 4. The van der Waals surface area contributed by atoms with Crippen LogP contribution in [0.5, 0.6) is 5.75 Å². The number of hydrogen-bond acceptors (Lipinski definition) is 8. The standard InChI is InChI=1S/C26H32ClN5O3S/c1-16(2)36(33,34)23-9-7-6-8-20(23)30-24-19(27)14-29-25(32-24)31-21-12-17-10-11-28-15-26(3,4)18(17)13-22(21)35-5/h6-9,12-14,16,28H,10-11,15H2,1-5H3,(H2,29,30,31,32). The number of para-hydroxylation sites is 1. The predicted molar refractivity (Wildman–Crippen MR) is 145 cm³/mol. The Morgan fingerprint density at radius 1 is 1.14 bits per heavy atom. The second-order valence-electron chi connectivity index (χ2n) is 9.75. The predicted octanol–water partition coefficient (Wildman–Crippen LogP) is 5.23. The molecule has 0 radical (unpaired) electrons. The third kappa shape index (κ3) is 5.28. The van der Waals surface area contributed by atoms with E-state index in [1.165, 1.54) is 17.3 Å². The van der Waals surface area contributed by atoms with Crippen LogP contribution >= 0.6 is 11.6 Å². The largest absolute Gasteiger partial charge is 0.495 e. The third-order valence-corrected chi connectivity index (χ3v) is 8.84. The van der Waals surface area contributed by atoms with Gasteiger partial charge in [0.1, 0.15) is 10.8 Å². The van der Waals surface area contributed by atoms with Crippen molar-refractivity contribution in [2.45, 2.75) is 49.7 Å². The summed E-state index contributed by atoms with van der Waals surface area (Å²) in [5.74, 6) is 1.28. The molecule has 0 saturated carbocycles. The summed E-state index contributed by atoms with van der Waals surface area (Å²) in [5, 5.41) is 9.53. The fourth-order valence-electron chi connectivity index (χ4n) is 4.28. The van der Waals surface area contributed by atoms with Crippen LogP contribution < -0.4 is 20.7 Å². The number of benzene rings is 2. The fraction of sp³-hybridized carbons (Fsp3) is 0.385. The van der Waals surface area contributed by atoms with E-state index in [1.807, 2.05) is 0 Å². The van der Waals surface area contributed by atoms with Crippen molar-refractivity contribution in [3.63, 3.8) is 0 Å². The van der Waals surface area contributed by atoms with Crippen LogP contribution in [-0.2, 0) is 21.7 Å². The molecule has 4 rings (SSSR count). The van der Waals surface area contributed by atoms with E-state index in [0.717, 1.165) is 25.2 Å². The quantitative estimate of drug-likeness (QED) is 0.382.